The zero-order chi connectivity index (χ0) is 13.1. The lowest BCUT2D eigenvalue weighted by Gasteiger charge is -2.08. The molecule has 92 valence electrons. The molecule has 0 aromatic heterocycles. The molecule has 0 spiro atoms. The number of nitrogens with one attached hydrogen (secondary N) is 1. The van der Waals surface area contributed by atoms with Crippen LogP contribution in [0, 0.1) is 6.92 Å². The van der Waals surface area contributed by atoms with Crippen molar-refractivity contribution in [3.05, 3.63) is 42.0 Å². The van der Waals surface area contributed by atoms with E-state index >= 15 is 0 Å². The third-order valence-electron chi connectivity index (χ3n) is 2.39. The van der Waals surface area contributed by atoms with Gasteiger partial charge in [0.2, 0.25) is 5.91 Å². The van der Waals surface area contributed by atoms with Gasteiger partial charge in [-0.2, -0.15) is 0 Å². The first-order chi connectivity index (χ1) is 7.84. The van der Waals surface area contributed by atoms with Crippen molar-refractivity contribution in [3.63, 3.8) is 0 Å². The first-order valence-electron chi connectivity index (χ1n) is 5.04. The Hall–Kier alpha value is -1.62. The molecular formula is C12H15NO3S. The van der Waals surface area contributed by atoms with Gasteiger partial charge >= 0.3 is 0 Å². The first kappa shape index (κ1) is 13.4. The quantitative estimate of drug-likeness (QED) is 0.820. The number of benzene rings is 1. The predicted molar refractivity (Wildman–Crippen MR) is 66.3 cm³/mol. The van der Waals surface area contributed by atoms with Crippen LogP contribution in [0.25, 0.3) is 0 Å². The van der Waals surface area contributed by atoms with E-state index in [1.807, 2.05) is 6.92 Å². The average molecular weight is 253 g/mol. The third kappa shape index (κ3) is 3.71. The summed E-state index contributed by atoms with van der Waals surface area (Å²) >= 11 is 0. The smallest absolute Gasteiger partial charge is 0.243 e. The van der Waals surface area contributed by atoms with Gasteiger partial charge in [0, 0.05) is 12.8 Å². The van der Waals surface area contributed by atoms with Gasteiger partial charge in [0.15, 0.2) is 9.84 Å². The molecular weight excluding hydrogens is 238 g/mol. The molecule has 0 radical (unpaired) electrons. The fraction of sp³-hybridized carbons (Fsp3) is 0.250. The Labute approximate surface area is 101 Å². The zero-order valence-electron chi connectivity index (χ0n) is 9.86. The molecule has 0 saturated carbocycles. The minimum Gasteiger partial charge on any atom is -0.348 e. The van der Waals surface area contributed by atoms with Gasteiger partial charge in [-0.1, -0.05) is 12.6 Å². The molecule has 5 heteroatoms. The van der Waals surface area contributed by atoms with Crippen molar-refractivity contribution >= 4 is 15.7 Å². The van der Waals surface area contributed by atoms with Crippen molar-refractivity contribution in [1.29, 1.82) is 0 Å². The van der Waals surface area contributed by atoms with Crippen LogP contribution in [0.3, 0.4) is 0 Å². The minimum atomic E-state index is -3.22. The van der Waals surface area contributed by atoms with Crippen molar-refractivity contribution in [2.45, 2.75) is 18.4 Å². The molecule has 0 aliphatic carbocycles. The maximum absolute atomic E-state index is 11.4. The van der Waals surface area contributed by atoms with Gasteiger partial charge in [-0.3, -0.25) is 4.79 Å². The fourth-order valence-electron chi connectivity index (χ4n) is 1.32. The van der Waals surface area contributed by atoms with Crippen LogP contribution in [-0.2, 0) is 21.2 Å². The Bertz CT molecular complexity index is 547. The maximum atomic E-state index is 11.4. The Morgan fingerprint density at radius 2 is 2.12 bits per heavy atom. The van der Waals surface area contributed by atoms with E-state index in [1.165, 1.54) is 6.08 Å². The van der Waals surface area contributed by atoms with Gasteiger partial charge in [0.25, 0.3) is 0 Å². The lowest BCUT2D eigenvalue weighted by atomic mass is 10.1. The Kier molecular flexibility index (Phi) is 4.07. The van der Waals surface area contributed by atoms with Crippen LogP contribution in [-0.4, -0.2) is 20.6 Å². The van der Waals surface area contributed by atoms with Crippen molar-refractivity contribution in [2.24, 2.45) is 0 Å². The summed E-state index contributed by atoms with van der Waals surface area (Å²) in [5.74, 6) is -0.283. The van der Waals surface area contributed by atoms with Crippen molar-refractivity contribution in [3.8, 4) is 0 Å². The van der Waals surface area contributed by atoms with E-state index in [0.29, 0.717) is 6.54 Å². The van der Waals surface area contributed by atoms with Crippen LogP contribution < -0.4 is 5.32 Å². The summed E-state index contributed by atoms with van der Waals surface area (Å²) < 4.78 is 22.8. The van der Waals surface area contributed by atoms with E-state index < -0.39 is 9.84 Å². The van der Waals surface area contributed by atoms with Gasteiger partial charge < -0.3 is 5.32 Å². The molecule has 0 bridgehead atoms. The van der Waals surface area contributed by atoms with E-state index in [4.69, 9.17) is 0 Å². The van der Waals surface area contributed by atoms with Crippen molar-refractivity contribution in [1.82, 2.24) is 5.32 Å². The first-order valence-corrected chi connectivity index (χ1v) is 6.93. The van der Waals surface area contributed by atoms with E-state index in [1.54, 1.807) is 18.2 Å². The van der Waals surface area contributed by atoms with Crippen molar-refractivity contribution in [2.75, 3.05) is 6.26 Å². The highest BCUT2D eigenvalue weighted by molar-refractivity contribution is 7.90. The van der Waals surface area contributed by atoms with Gasteiger partial charge in [-0.15, -0.1) is 0 Å². The van der Waals surface area contributed by atoms with E-state index in [2.05, 4.69) is 11.9 Å². The molecule has 4 nitrogen and oxygen atoms in total. The van der Waals surface area contributed by atoms with Gasteiger partial charge in [-0.25, -0.2) is 8.42 Å². The second kappa shape index (κ2) is 5.14. The third-order valence-corrected chi connectivity index (χ3v) is 3.50. The van der Waals surface area contributed by atoms with Crippen LogP contribution in [0.2, 0.25) is 0 Å². The molecule has 17 heavy (non-hydrogen) atoms. The van der Waals surface area contributed by atoms with Gasteiger partial charge in [0.1, 0.15) is 0 Å². The number of aryl methyl sites for hydroxylation is 1. The summed E-state index contributed by atoms with van der Waals surface area (Å²) in [6, 6.07) is 4.86. The highest BCUT2D eigenvalue weighted by atomic mass is 32.2. The maximum Gasteiger partial charge on any atom is 0.243 e. The van der Waals surface area contributed by atoms with E-state index in [0.717, 1.165) is 17.4 Å². The number of amides is 1. The number of hydrogen-bond donors (Lipinski definition) is 1. The highest BCUT2D eigenvalue weighted by Gasteiger charge is 2.09. The molecule has 1 amide bonds. The Balaban J connectivity index is 2.99. The predicted octanol–water partition coefficient (Wildman–Crippen LogP) is 1.20. The van der Waals surface area contributed by atoms with Crippen LogP contribution >= 0.6 is 0 Å². The Morgan fingerprint density at radius 1 is 1.47 bits per heavy atom. The molecule has 1 rings (SSSR count). The molecule has 1 aromatic carbocycles. The normalized spacial score (nSPS) is 10.9. The molecule has 0 saturated heterocycles. The lowest BCUT2D eigenvalue weighted by Crippen LogP contribution is -2.20. The van der Waals surface area contributed by atoms with Gasteiger partial charge in [-0.05, 0) is 36.3 Å². The molecule has 0 unspecified atom stereocenters. The summed E-state index contributed by atoms with van der Waals surface area (Å²) in [4.78, 5) is 11.3. The molecule has 0 atom stereocenters. The summed E-state index contributed by atoms with van der Waals surface area (Å²) in [6.45, 7) is 5.50. The van der Waals surface area contributed by atoms with E-state index in [-0.39, 0.29) is 10.8 Å². The zero-order valence-corrected chi connectivity index (χ0v) is 10.7. The van der Waals surface area contributed by atoms with Crippen LogP contribution in [0.15, 0.2) is 35.7 Å². The number of carbonyl (C=O) groups is 1. The molecule has 1 aromatic rings. The number of hydrogen-bond acceptors (Lipinski definition) is 3. The molecule has 0 aliphatic rings. The molecule has 0 aliphatic heterocycles. The minimum absolute atomic E-state index is 0.256. The topological polar surface area (TPSA) is 63.2 Å². The average Bonchev–Trinajstić information content (AvgIpc) is 2.26. The molecule has 1 N–H and O–H groups in total. The van der Waals surface area contributed by atoms with E-state index in [9.17, 15) is 13.2 Å². The second-order valence-corrected chi connectivity index (χ2v) is 5.80. The van der Waals surface area contributed by atoms with Crippen LogP contribution in [0.5, 0.6) is 0 Å². The highest BCUT2D eigenvalue weighted by Crippen LogP contribution is 2.15. The monoisotopic (exact) mass is 253 g/mol. The Morgan fingerprint density at radius 3 is 2.65 bits per heavy atom. The SMILES string of the molecule is C=CC(=O)NCc1cc(S(C)(=O)=O)ccc1C. The molecule has 0 heterocycles. The molecule has 0 fully saturated rings. The van der Waals surface area contributed by atoms with Crippen LogP contribution in [0.1, 0.15) is 11.1 Å². The van der Waals surface area contributed by atoms with Crippen LogP contribution in [0.4, 0.5) is 0 Å². The fourth-order valence-corrected chi connectivity index (χ4v) is 2.00. The largest absolute Gasteiger partial charge is 0.348 e. The number of sulfone groups is 1. The summed E-state index contributed by atoms with van der Waals surface area (Å²) in [5, 5.41) is 2.62. The summed E-state index contributed by atoms with van der Waals surface area (Å²) in [7, 11) is -3.22. The lowest BCUT2D eigenvalue weighted by molar-refractivity contribution is -0.116. The summed E-state index contributed by atoms with van der Waals surface area (Å²) in [5.41, 5.74) is 1.71. The summed E-state index contributed by atoms with van der Waals surface area (Å²) in [6.07, 6.45) is 2.33. The standard InChI is InChI=1S/C12H15NO3S/c1-4-12(14)13-8-10-7-11(17(3,15)16)6-5-9(10)2/h4-7H,1,8H2,2-3H3,(H,13,14). The van der Waals surface area contributed by atoms with Crippen molar-refractivity contribution < 1.29 is 13.2 Å². The van der Waals surface area contributed by atoms with Gasteiger partial charge in [0.05, 0.1) is 4.90 Å². The number of rotatable bonds is 4. The second-order valence-electron chi connectivity index (χ2n) is 3.78. The number of carbonyl (C=O) groups excluding carboxylic acids is 1.